The van der Waals surface area contributed by atoms with Gasteiger partial charge in [-0.1, -0.05) is 13.3 Å². The lowest BCUT2D eigenvalue weighted by Gasteiger charge is -2.32. The third kappa shape index (κ3) is 3.18. The first-order chi connectivity index (χ1) is 7.28. The van der Waals surface area contributed by atoms with Crippen molar-refractivity contribution >= 4 is 0 Å². The fourth-order valence-electron chi connectivity index (χ4n) is 3.23. The average molecular weight is 210 g/mol. The monoisotopic (exact) mass is 210 g/mol. The molecule has 0 radical (unpaired) electrons. The molecule has 15 heavy (non-hydrogen) atoms. The van der Waals surface area contributed by atoms with Gasteiger partial charge in [-0.2, -0.15) is 0 Å². The van der Waals surface area contributed by atoms with Crippen molar-refractivity contribution in [3.63, 3.8) is 0 Å². The van der Waals surface area contributed by atoms with Crippen molar-refractivity contribution < 1.29 is 0 Å². The second-order valence-electron chi connectivity index (χ2n) is 5.55. The van der Waals surface area contributed by atoms with Gasteiger partial charge in [0.1, 0.15) is 0 Å². The van der Waals surface area contributed by atoms with Gasteiger partial charge in [0.05, 0.1) is 0 Å². The molecular weight excluding hydrogens is 184 g/mol. The second kappa shape index (κ2) is 5.31. The van der Waals surface area contributed by atoms with Crippen LogP contribution in [0.2, 0.25) is 0 Å². The average Bonchev–Trinajstić information content (AvgIpc) is 2.65. The van der Waals surface area contributed by atoms with Gasteiger partial charge in [0.15, 0.2) is 0 Å². The Hall–Kier alpha value is -0.0800. The minimum atomic E-state index is 0.768. The molecule has 0 aromatic heterocycles. The molecule has 3 atom stereocenters. The molecule has 0 bridgehead atoms. The third-order valence-electron chi connectivity index (χ3n) is 4.21. The normalized spacial score (nSPS) is 38.4. The molecule has 1 heterocycles. The fourth-order valence-corrected chi connectivity index (χ4v) is 3.23. The molecule has 1 saturated heterocycles. The minimum absolute atomic E-state index is 0.768. The quantitative estimate of drug-likeness (QED) is 0.768. The largest absolute Gasteiger partial charge is 0.310 e. The van der Waals surface area contributed by atoms with Gasteiger partial charge in [-0.3, -0.25) is 0 Å². The summed E-state index contributed by atoms with van der Waals surface area (Å²) in [5.41, 5.74) is 0. The number of likely N-dealkylation sites (tertiary alicyclic amines) is 1. The summed E-state index contributed by atoms with van der Waals surface area (Å²) >= 11 is 0. The van der Waals surface area contributed by atoms with Crippen LogP contribution in [0.4, 0.5) is 0 Å². The standard InChI is InChI=1S/C13H26N2/c1-3-11-6-7-12(9-11)14-13-5-4-8-15(2)10-13/h11-14H,3-10H2,1-2H3. The molecule has 0 aromatic rings. The Morgan fingerprint density at radius 1 is 1.20 bits per heavy atom. The van der Waals surface area contributed by atoms with E-state index in [4.69, 9.17) is 0 Å². The van der Waals surface area contributed by atoms with Crippen LogP contribution in [0.15, 0.2) is 0 Å². The molecule has 1 aliphatic heterocycles. The van der Waals surface area contributed by atoms with Crippen molar-refractivity contribution in [3.8, 4) is 0 Å². The molecule has 2 rings (SSSR count). The molecule has 2 aliphatic rings. The van der Waals surface area contributed by atoms with Crippen molar-refractivity contribution in [1.29, 1.82) is 0 Å². The van der Waals surface area contributed by atoms with Gasteiger partial charge in [-0.05, 0) is 51.6 Å². The van der Waals surface area contributed by atoms with E-state index in [2.05, 4.69) is 24.2 Å². The van der Waals surface area contributed by atoms with Crippen LogP contribution in [0.25, 0.3) is 0 Å². The van der Waals surface area contributed by atoms with E-state index in [1.54, 1.807) is 0 Å². The number of hydrogen-bond acceptors (Lipinski definition) is 2. The van der Waals surface area contributed by atoms with E-state index in [0.717, 1.165) is 18.0 Å². The zero-order valence-corrected chi connectivity index (χ0v) is 10.3. The third-order valence-corrected chi connectivity index (χ3v) is 4.21. The maximum absolute atomic E-state index is 3.87. The first-order valence-corrected chi connectivity index (χ1v) is 6.72. The van der Waals surface area contributed by atoms with Crippen LogP contribution >= 0.6 is 0 Å². The highest BCUT2D eigenvalue weighted by atomic mass is 15.1. The summed E-state index contributed by atoms with van der Waals surface area (Å²) in [6.45, 7) is 4.88. The lowest BCUT2D eigenvalue weighted by atomic mass is 10.0. The molecule has 1 N–H and O–H groups in total. The van der Waals surface area contributed by atoms with Crippen LogP contribution in [0.1, 0.15) is 45.4 Å². The van der Waals surface area contributed by atoms with E-state index in [1.165, 1.54) is 51.6 Å². The zero-order valence-electron chi connectivity index (χ0n) is 10.3. The van der Waals surface area contributed by atoms with Gasteiger partial charge in [0.2, 0.25) is 0 Å². The molecule has 88 valence electrons. The van der Waals surface area contributed by atoms with Crippen LogP contribution in [-0.2, 0) is 0 Å². The predicted molar refractivity (Wildman–Crippen MR) is 65.1 cm³/mol. The Morgan fingerprint density at radius 2 is 2.07 bits per heavy atom. The predicted octanol–water partition coefficient (Wildman–Crippen LogP) is 2.25. The van der Waals surface area contributed by atoms with E-state index in [-0.39, 0.29) is 0 Å². The molecule has 1 saturated carbocycles. The highest BCUT2D eigenvalue weighted by Gasteiger charge is 2.26. The Labute approximate surface area is 94.4 Å². The SMILES string of the molecule is CCC1CCC(NC2CCCN(C)C2)C1. The van der Waals surface area contributed by atoms with Crippen molar-refractivity contribution in [3.05, 3.63) is 0 Å². The summed E-state index contributed by atoms with van der Waals surface area (Å²) in [5, 5.41) is 3.87. The number of hydrogen-bond donors (Lipinski definition) is 1. The van der Waals surface area contributed by atoms with Crippen LogP contribution in [-0.4, -0.2) is 37.1 Å². The van der Waals surface area contributed by atoms with Gasteiger partial charge in [0.25, 0.3) is 0 Å². The van der Waals surface area contributed by atoms with Gasteiger partial charge < -0.3 is 10.2 Å². The van der Waals surface area contributed by atoms with Crippen molar-refractivity contribution in [2.24, 2.45) is 5.92 Å². The number of piperidine rings is 1. The summed E-state index contributed by atoms with van der Waals surface area (Å²) in [4.78, 5) is 2.47. The van der Waals surface area contributed by atoms with Crippen LogP contribution < -0.4 is 5.32 Å². The Morgan fingerprint density at radius 3 is 2.73 bits per heavy atom. The molecule has 2 heteroatoms. The number of nitrogens with one attached hydrogen (secondary N) is 1. The summed E-state index contributed by atoms with van der Waals surface area (Å²) in [6, 6.07) is 1.59. The van der Waals surface area contributed by atoms with Crippen molar-refractivity contribution in [2.75, 3.05) is 20.1 Å². The van der Waals surface area contributed by atoms with E-state index >= 15 is 0 Å². The van der Waals surface area contributed by atoms with Gasteiger partial charge in [0, 0.05) is 18.6 Å². The maximum Gasteiger partial charge on any atom is 0.0197 e. The Kier molecular flexibility index (Phi) is 4.04. The fraction of sp³-hybridized carbons (Fsp3) is 1.00. The highest BCUT2D eigenvalue weighted by molar-refractivity contribution is 4.85. The topological polar surface area (TPSA) is 15.3 Å². The van der Waals surface area contributed by atoms with Crippen LogP contribution in [0, 0.1) is 5.92 Å². The molecule has 2 nitrogen and oxygen atoms in total. The summed E-state index contributed by atoms with van der Waals surface area (Å²) in [7, 11) is 2.25. The lowest BCUT2D eigenvalue weighted by molar-refractivity contribution is 0.215. The molecule has 3 unspecified atom stereocenters. The zero-order chi connectivity index (χ0) is 10.7. The minimum Gasteiger partial charge on any atom is -0.310 e. The molecule has 0 amide bonds. The number of likely N-dealkylation sites (N-methyl/N-ethyl adjacent to an activating group) is 1. The van der Waals surface area contributed by atoms with E-state index in [0.29, 0.717) is 0 Å². The van der Waals surface area contributed by atoms with E-state index in [1.807, 2.05) is 0 Å². The highest BCUT2D eigenvalue weighted by Crippen LogP contribution is 2.28. The first kappa shape index (κ1) is 11.4. The second-order valence-corrected chi connectivity index (χ2v) is 5.55. The van der Waals surface area contributed by atoms with Crippen molar-refractivity contribution in [1.82, 2.24) is 10.2 Å². The van der Waals surface area contributed by atoms with Gasteiger partial charge in [-0.15, -0.1) is 0 Å². The Balaban J connectivity index is 1.72. The molecule has 1 aliphatic carbocycles. The van der Waals surface area contributed by atoms with Gasteiger partial charge in [-0.25, -0.2) is 0 Å². The molecule has 0 aromatic carbocycles. The summed E-state index contributed by atoms with van der Waals surface area (Å²) < 4.78 is 0. The molecule has 2 fully saturated rings. The number of rotatable bonds is 3. The van der Waals surface area contributed by atoms with E-state index in [9.17, 15) is 0 Å². The molecule has 0 spiro atoms. The number of nitrogens with zero attached hydrogens (tertiary/aromatic N) is 1. The first-order valence-electron chi connectivity index (χ1n) is 6.72. The van der Waals surface area contributed by atoms with Crippen LogP contribution in [0.3, 0.4) is 0 Å². The van der Waals surface area contributed by atoms with Crippen LogP contribution in [0.5, 0.6) is 0 Å². The summed E-state index contributed by atoms with van der Waals surface area (Å²) in [5.74, 6) is 1.00. The molecular formula is C13H26N2. The van der Waals surface area contributed by atoms with Gasteiger partial charge >= 0.3 is 0 Å². The lowest BCUT2D eigenvalue weighted by Crippen LogP contribution is -2.47. The maximum atomic E-state index is 3.87. The van der Waals surface area contributed by atoms with E-state index < -0.39 is 0 Å². The van der Waals surface area contributed by atoms with Crippen molar-refractivity contribution in [2.45, 2.75) is 57.5 Å². The Bertz CT molecular complexity index is 193. The summed E-state index contributed by atoms with van der Waals surface area (Å²) in [6.07, 6.45) is 8.44. The smallest absolute Gasteiger partial charge is 0.0197 e.